The molecule has 176 valence electrons. The number of methoxy groups -OCH3 is 1. The summed E-state index contributed by atoms with van der Waals surface area (Å²) < 4.78 is 7.24. The maximum Gasteiger partial charge on any atom is 0.267 e. The van der Waals surface area contributed by atoms with Crippen LogP contribution in [0.3, 0.4) is 0 Å². The number of fused-ring (bicyclic) bond motifs is 3. The summed E-state index contributed by atoms with van der Waals surface area (Å²) in [6, 6.07) is 7.50. The zero-order valence-electron chi connectivity index (χ0n) is 19.2. The number of aromatic nitrogens is 5. The second-order valence-corrected chi connectivity index (χ2v) is 10.2. The highest BCUT2D eigenvalue weighted by molar-refractivity contribution is 7.98. The van der Waals surface area contributed by atoms with E-state index in [1.54, 1.807) is 27.9 Å². The van der Waals surface area contributed by atoms with Crippen molar-refractivity contribution in [1.82, 2.24) is 24.5 Å². The van der Waals surface area contributed by atoms with E-state index in [4.69, 9.17) is 15.5 Å². The quantitative estimate of drug-likeness (QED) is 0.317. The van der Waals surface area contributed by atoms with Crippen molar-refractivity contribution < 1.29 is 4.74 Å². The van der Waals surface area contributed by atoms with Crippen LogP contribution in [0.15, 0.2) is 34.2 Å². The van der Waals surface area contributed by atoms with Crippen molar-refractivity contribution in [2.24, 2.45) is 0 Å². The summed E-state index contributed by atoms with van der Waals surface area (Å²) in [5.74, 6) is 2.15. The molecule has 0 saturated carbocycles. The first-order chi connectivity index (χ1) is 16.5. The zero-order chi connectivity index (χ0) is 23.8. The molecular formula is C23H25N7O2S2. The normalized spacial score (nSPS) is 13.1. The van der Waals surface area contributed by atoms with Gasteiger partial charge in [-0.25, -0.2) is 4.98 Å². The van der Waals surface area contributed by atoms with Gasteiger partial charge in [0.05, 0.1) is 23.9 Å². The van der Waals surface area contributed by atoms with Gasteiger partial charge in [0, 0.05) is 19.0 Å². The van der Waals surface area contributed by atoms with E-state index in [1.165, 1.54) is 16.6 Å². The highest BCUT2D eigenvalue weighted by Gasteiger charge is 2.24. The molecule has 1 aromatic carbocycles. The third-order valence-electron chi connectivity index (χ3n) is 5.70. The van der Waals surface area contributed by atoms with Crippen LogP contribution >= 0.6 is 23.1 Å². The molecule has 0 amide bonds. The number of anilines is 2. The van der Waals surface area contributed by atoms with Crippen molar-refractivity contribution in [3.8, 4) is 11.4 Å². The van der Waals surface area contributed by atoms with Crippen molar-refractivity contribution >= 4 is 45.2 Å². The summed E-state index contributed by atoms with van der Waals surface area (Å²) in [7, 11) is 5.30. The molecule has 0 aliphatic heterocycles. The molecule has 11 heteroatoms. The van der Waals surface area contributed by atoms with Crippen LogP contribution in [0, 0.1) is 0 Å². The van der Waals surface area contributed by atoms with Crippen LogP contribution in [0.25, 0.3) is 15.9 Å². The van der Waals surface area contributed by atoms with Crippen molar-refractivity contribution in [2.75, 3.05) is 31.8 Å². The van der Waals surface area contributed by atoms with Gasteiger partial charge < -0.3 is 15.4 Å². The maximum atomic E-state index is 14.0. The summed E-state index contributed by atoms with van der Waals surface area (Å²) >= 11 is 3.03. The van der Waals surface area contributed by atoms with Gasteiger partial charge in [0.15, 0.2) is 5.16 Å². The number of hydrogen-bond donors (Lipinski definition) is 1. The lowest BCUT2D eigenvalue weighted by Gasteiger charge is -2.16. The standard InChI is InChI=1S/C23H25N7O2S2/c1-29(2)22-26-17(25-21(24)28-22)12-33-23-27-19-18(13-8-4-7-11-16(13)34-19)20(31)30(23)14-9-5-6-10-15(14)32-3/h5-6,9-10H,4,7-8,11-12H2,1-3H3,(H2,24,25,26,28). The van der Waals surface area contributed by atoms with Crippen LogP contribution in [-0.2, 0) is 18.6 Å². The molecule has 3 heterocycles. The fraction of sp³-hybridized carbons (Fsp3) is 0.348. The molecule has 2 N–H and O–H groups in total. The molecular weight excluding hydrogens is 470 g/mol. The predicted molar refractivity (Wildman–Crippen MR) is 137 cm³/mol. The topological polar surface area (TPSA) is 112 Å². The number of ether oxygens (including phenoxy) is 1. The van der Waals surface area contributed by atoms with Gasteiger partial charge in [-0.05, 0) is 43.4 Å². The average Bonchev–Trinajstić information content (AvgIpc) is 3.21. The summed E-state index contributed by atoms with van der Waals surface area (Å²) in [6.45, 7) is 0. The number of thioether (sulfide) groups is 1. The van der Waals surface area contributed by atoms with Crippen LogP contribution in [0.1, 0.15) is 29.1 Å². The van der Waals surface area contributed by atoms with E-state index in [-0.39, 0.29) is 11.5 Å². The lowest BCUT2D eigenvalue weighted by atomic mass is 9.97. The summed E-state index contributed by atoms with van der Waals surface area (Å²) in [5.41, 5.74) is 7.64. The molecule has 1 aliphatic rings. The van der Waals surface area contributed by atoms with Crippen molar-refractivity contribution in [1.29, 1.82) is 0 Å². The fourth-order valence-electron chi connectivity index (χ4n) is 4.13. The first-order valence-corrected chi connectivity index (χ1v) is 12.8. The summed E-state index contributed by atoms with van der Waals surface area (Å²) in [6.07, 6.45) is 4.17. The Morgan fingerprint density at radius 1 is 1.15 bits per heavy atom. The van der Waals surface area contributed by atoms with Crippen LogP contribution < -0.4 is 20.9 Å². The smallest absolute Gasteiger partial charge is 0.267 e. The summed E-state index contributed by atoms with van der Waals surface area (Å²) in [4.78, 5) is 35.7. The third-order valence-corrected chi connectivity index (χ3v) is 7.82. The minimum Gasteiger partial charge on any atom is -0.495 e. The lowest BCUT2D eigenvalue weighted by molar-refractivity contribution is 0.411. The molecule has 4 aromatic rings. The second kappa shape index (κ2) is 9.22. The number of para-hydroxylation sites is 2. The molecule has 0 fully saturated rings. The Kier molecular flexibility index (Phi) is 6.13. The SMILES string of the molecule is COc1ccccc1-n1c(SCc2nc(N)nc(N(C)C)n2)nc2sc3c(c2c1=O)CCCC3. The van der Waals surface area contributed by atoms with Crippen molar-refractivity contribution in [2.45, 2.75) is 36.6 Å². The Bertz CT molecular complexity index is 1430. The van der Waals surface area contributed by atoms with E-state index in [0.29, 0.717) is 34.1 Å². The molecule has 5 rings (SSSR count). The van der Waals surface area contributed by atoms with Gasteiger partial charge in [-0.15, -0.1) is 11.3 Å². The number of nitrogens with two attached hydrogens (primary N) is 1. The molecule has 0 spiro atoms. The molecule has 0 bridgehead atoms. The molecule has 3 aromatic heterocycles. The fourth-order valence-corrected chi connectivity index (χ4v) is 6.29. The zero-order valence-corrected chi connectivity index (χ0v) is 20.9. The molecule has 0 saturated heterocycles. The van der Waals surface area contributed by atoms with E-state index >= 15 is 0 Å². The van der Waals surface area contributed by atoms with Crippen LogP contribution in [0.2, 0.25) is 0 Å². The largest absolute Gasteiger partial charge is 0.495 e. The highest BCUT2D eigenvalue weighted by atomic mass is 32.2. The first-order valence-electron chi connectivity index (χ1n) is 11.0. The maximum absolute atomic E-state index is 14.0. The van der Waals surface area contributed by atoms with Gasteiger partial charge in [-0.1, -0.05) is 23.9 Å². The van der Waals surface area contributed by atoms with E-state index in [0.717, 1.165) is 41.5 Å². The Morgan fingerprint density at radius 2 is 1.94 bits per heavy atom. The Labute approximate surface area is 205 Å². The number of nitrogens with zero attached hydrogens (tertiary/aromatic N) is 6. The van der Waals surface area contributed by atoms with E-state index in [9.17, 15) is 4.79 Å². The van der Waals surface area contributed by atoms with E-state index < -0.39 is 0 Å². The second-order valence-electron chi connectivity index (χ2n) is 8.19. The van der Waals surface area contributed by atoms with Gasteiger partial charge in [0.25, 0.3) is 5.56 Å². The summed E-state index contributed by atoms with van der Waals surface area (Å²) in [5, 5.41) is 1.29. The molecule has 0 unspecified atom stereocenters. The molecule has 0 radical (unpaired) electrons. The van der Waals surface area contributed by atoms with Gasteiger partial charge in [0.2, 0.25) is 11.9 Å². The van der Waals surface area contributed by atoms with E-state index in [2.05, 4.69) is 15.0 Å². The molecule has 0 atom stereocenters. The van der Waals surface area contributed by atoms with Gasteiger partial charge >= 0.3 is 0 Å². The van der Waals surface area contributed by atoms with Crippen LogP contribution in [0.5, 0.6) is 5.75 Å². The monoisotopic (exact) mass is 495 g/mol. The number of hydrogen-bond acceptors (Lipinski definition) is 10. The third kappa shape index (κ3) is 4.09. The minimum absolute atomic E-state index is 0.0689. The predicted octanol–water partition coefficient (Wildman–Crippen LogP) is 3.46. The molecule has 34 heavy (non-hydrogen) atoms. The van der Waals surface area contributed by atoms with E-state index in [1.807, 2.05) is 38.4 Å². The van der Waals surface area contributed by atoms with Crippen LogP contribution in [0.4, 0.5) is 11.9 Å². The number of thiophene rings is 1. The van der Waals surface area contributed by atoms with Gasteiger partial charge in [-0.2, -0.15) is 15.0 Å². The number of nitrogen functional groups attached to an aromatic ring is 1. The van der Waals surface area contributed by atoms with Gasteiger partial charge in [0.1, 0.15) is 16.4 Å². The van der Waals surface area contributed by atoms with Crippen molar-refractivity contribution in [3.63, 3.8) is 0 Å². The Balaban J connectivity index is 1.65. The van der Waals surface area contributed by atoms with Crippen LogP contribution in [-0.4, -0.2) is 45.7 Å². The highest BCUT2D eigenvalue weighted by Crippen LogP contribution is 2.36. The number of benzene rings is 1. The molecule has 1 aliphatic carbocycles. The molecule has 9 nitrogen and oxygen atoms in total. The Morgan fingerprint density at radius 3 is 2.74 bits per heavy atom. The van der Waals surface area contributed by atoms with Gasteiger partial charge in [-0.3, -0.25) is 9.36 Å². The first kappa shape index (κ1) is 22.6. The Hall–Kier alpha value is -3.18. The average molecular weight is 496 g/mol. The van der Waals surface area contributed by atoms with Crippen molar-refractivity contribution in [3.05, 3.63) is 50.9 Å². The minimum atomic E-state index is -0.0689. The number of aryl methyl sites for hydroxylation is 2. The number of rotatable bonds is 6. The lowest BCUT2D eigenvalue weighted by Crippen LogP contribution is -2.23.